The molecule has 0 radical (unpaired) electrons. The van der Waals surface area contributed by atoms with Crippen LogP contribution in [0.2, 0.25) is 0 Å². The molecule has 7 nitrogen and oxygen atoms in total. The Balaban J connectivity index is 1.94. The van der Waals surface area contributed by atoms with Crippen LogP contribution in [0.1, 0.15) is 38.3 Å². The van der Waals surface area contributed by atoms with Crippen molar-refractivity contribution in [2.45, 2.75) is 46.4 Å². The Morgan fingerprint density at radius 1 is 1.07 bits per heavy atom. The van der Waals surface area contributed by atoms with Gasteiger partial charge in [-0.2, -0.15) is 0 Å². The van der Waals surface area contributed by atoms with Crippen LogP contribution in [0.3, 0.4) is 0 Å². The van der Waals surface area contributed by atoms with E-state index in [1.165, 1.54) is 0 Å². The van der Waals surface area contributed by atoms with Gasteiger partial charge in [0, 0.05) is 38.6 Å². The number of aromatic nitrogens is 1. The number of hydrogen-bond acceptors (Lipinski definition) is 5. The summed E-state index contributed by atoms with van der Waals surface area (Å²) in [5, 5.41) is 6.75. The molecule has 0 spiro atoms. The number of aliphatic imine (C=N–C) groups is 1. The van der Waals surface area contributed by atoms with Crippen molar-refractivity contribution in [2.75, 3.05) is 26.9 Å². The zero-order chi connectivity index (χ0) is 21.6. The lowest BCUT2D eigenvalue weighted by Crippen LogP contribution is -2.37. The molecule has 0 aliphatic rings. The van der Waals surface area contributed by atoms with E-state index in [9.17, 15) is 0 Å². The Morgan fingerprint density at radius 2 is 1.83 bits per heavy atom. The SMILES string of the molecule is CCOCCCNC(=NCc1ccc(OC(C)C)nc1)NCc1ccc(OC)cc1. The average Bonchev–Trinajstić information content (AvgIpc) is 2.76. The fourth-order valence-corrected chi connectivity index (χ4v) is 2.61. The normalized spacial score (nSPS) is 11.4. The van der Waals surface area contributed by atoms with E-state index in [1.54, 1.807) is 13.3 Å². The number of nitrogens with one attached hydrogen (secondary N) is 2. The number of benzene rings is 1. The highest BCUT2D eigenvalue weighted by Crippen LogP contribution is 2.11. The molecule has 0 bridgehead atoms. The zero-order valence-corrected chi connectivity index (χ0v) is 18.5. The lowest BCUT2D eigenvalue weighted by molar-refractivity contribution is 0.145. The number of nitrogens with zero attached hydrogens (tertiary/aromatic N) is 2. The van der Waals surface area contributed by atoms with Crippen LogP contribution >= 0.6 is 0 Å². The summed E-state index contributed by atoms with van der Waals surface area (Å²) < 4.78 is 16.2. The highest BCUT2D eigenvalue weighted by atomic mass is 16.5. The van der Waals surface area contributed by atoms with E-state index in [0.29, 0.717) is 19.0 Å². The van der Waals surface area contributed by atoms with Gasteiger partial charge in [0.05, 0.1) is 19.8 Å². The quantitative estimate of drug-likeness (QED) is 0.314. The minimum absolute atomic E-state index is 0.107. The summed E-state index contributed by atoms with van der Waals surface area (Å²) in [6, 6.07) is 11.9. The predicted octanol–water partition coefficient (Wildman–Crippen LogP) is 3.54. The van der Waals surface area contributed by atoms with Gasteiger partial charge in [-0.15, -0.1) is 0 Å². The minimum Gasteiger partial charge on any atom is -0.497 e. The van der Waals surface area contributed by atoms with E-state index < -0.39 is 0 Å². The smallest absolute Gasteiger partial charge is 0.213 e. The number of ether oxygens (including phenoxy) is 3. The number of guanidine groups is 1. The van der Waals surface area contributed by atoms with Crippen LogP contribution in [-0.4, -0.2) is 43.9 Å². The van der Waals surface area contributed by atoms with Gasteiger partial charge in [-0.25, -0.2) is 9.98 Å². The van der Waals surface area contributed by atoms with Crippen molar-refractivity contribution in [3.8, 4) is 11.6 Å². The van der Waals surface area contributed by atoms with Crippen LogP contribution < -0.4 is 20.1 Å². The standard InChI is InChI=1S/C23H34N4O3/c1-5-29-14-6-13-24-23(26-15-19-7-10-21(28-4)11-8-19)27-17-20-9-12-22(25-16-20)30-18(2)3/h7-12,16,18H,5-6,13-15,17H2,1-4H3,(H2,24,26,27). The summed E-state index contributed by atoms with van der Waals surface area (Å²) in [4.78, 5) is 9.04. The molecule has 0 atom stereocenters. The topological polar surface area (TPSA) is 77.0 Å². The summed E-state index contributed by atoms with van der Waals surface area (Å²) >= 11 is 0. The largest absolute Gasteiger partial charge is 0.497 e. The van der Waals surface area contributed by atoms with Crippen LogP contribution in [-0.2, 0) is 17.8 Å². The van der Waals surface area contributed by atoms with Gasteiger partial charge in [0.1, 0.15) is 5.75 Å². The number of pyridine rings is 1. The molecular weight excluding hydrogens is 380 g/mol. The van der Waals surface area contributed by atoms with E-state index in [0.717, 1.165) is 49.0 Å². The number of rotatable bonds is 12. The number of hydrogen-bond donors (Lipinski definition) is 2. The first kappa shape index (κ1) is 23.5. The van der Waals surface area contributed by atoms with Crippen LogP contribution in [0.4, 0.5) is 0 Å². The van der Waals surface area contributed by atoms with Crippen molar-refractivity contribution in [3.05, 3.63) is 53.7 Å². The summed E-state index contributed by atoms with van der Waals surface area (Å²) in [5.74, 6) is 2.23. The van der Waals surface area contributed by atoms with Crippen LogP contribution in [0, 0.1) is 0 Å². The second-order valence-corrected chi connectivity index (χ2v) is 7.02. The van der Waals surface area contributed by atoms with E-state index in [2.05, 4.69) is 15.6 Å². The van der Waals surface area contributed by atoms with Gasteiger partial charge in [0.15, 0.2) is 5.96 Å². The molecule has 0 amide bonds. The van der Waals surface area contributed by atoms with Crippen molar-refractivity contribution >= 4 is 5.96 Å². The predicted molar refractivity (Wildman–Crippen MR) is 120 cm³/mol. The first-order chi connectivity index (χ1) is 14.6. The zero-order valence-electron chi connectivity index (χ0n) is 18.5. The average molecular weight is 415 g/mol. The maximum Gasteiger partial charge on any atom is 0.213 e. The van der Waals surface area contributed by atoms with Crippen molar-refractivity contribution in [3.63, 3.8) is 0 Å². The molecule has 0 saturated carbocycles. The highest BCUT2D eigenvalue weighted by molar-refractivity contribution is 5.79. The molecule has 2 rings (SSSR count). The molecule has 2 aromatic rings. The maximum absolute atomic E-state index is 5.59. The molecular formula is C23H34N4O3. The Bertz CT molecular complexity index is 746. The van der Waals surface area contributed by atoms with E-state index >= 15 is 0 Å². The Hall–Kier alpha value is -2.80. The van der Waals surface area contributed by atoms with Crippen LogP contribution in [0.25, 0.3) is 0 Å². The molecule has 0 aliphatic carbocycles. The third-order valence-electron chi connectivity index (χ3n) is 4.15. The first-order valence-corrected chi connectivity index (χ1v) is 10.4. The van der Waals surface area contributed by atoms with Crippen molar-refractivity contribution in [1.82, 2.24) is 15.6 Å². The minimum atomic E-state index is 0.107. The van der Waals surface area contributed by atoms with Crippen LogP contribution in [0.5, 0.6) is 11.6 Å². The monoisotopic (exact) mass is 414 g/mol. The molecule has 0 aliphatic heterocycles. The fraction of sp³-hybridized carbons (Fsp3) is 0.478. The van der Waals surface area contributed by atoms with E-state index in [1.807, 2.05) is 57.2 Å². The number of methoxy groups -OCH3 is 1. The highest BCUT2D eigenvalue weighted by Gasteiger charge is 2.03. The van der Waals surface area contributed by atoms with Gasteiger partial charge >= 0.3 is 0 Å². The first-order valence-electron chi connectivity index (χ1n) is 10.4. The molecule has 0 fully saturated rings. The third kappa shape index (κ3) is 9.13. The molecule has 2 N–H and O–H groups in total. The molecule has 164 valence electrons. The van der Waals surface area contributed by atoms with Crippen molar-refractivity contribution < 1.29 is 14.2 Å². The van der Waals surface area contributed by atoms with E-state index in [-0.39, 0.29) is 6.10 Å². The maximum atomic E-state index is 5.59. The second-order valence-electron chi connectivity index (χ2n) is 7.02. The molecule has 1 aromatic heterocycles. The van der Waals surface area contributed by atoms with Gasteiger partial charge in [-0.05, 0) is 50.5 Å². The fourth-order valence-electron chi connectivity index (χ4n) is 2.61. The summed E-state index contributed by atoms with van der Waals surface area (Å²) in [6.07, 6.45) is 2.83. The summed E-state index contributed by atoms with van der Waals surface area (Å²) in [6.45, 7) is 9.42. The molecule has 0 unspecified atom stereocenters. The van der Waals surface area contributed by atoms with Crippen LogP contribution in [0.15, 0.2) is 47.6 Å². The molecule has 1 heterocycles. The Labute approximate surface area is 179 Å². The van der Waals surface area contributed by atoms with Crippen molar-refractivity contribution in [1.29, 1.82) is 0 Å². The molecule has 1 aromatic carbocycles. The summed E-state index contributed by atoms with van der Waals surface area (Å²) in [5.41, 5.74) is 2.17. The second kappa shape index (κ2) is 13.4. The van der Waals surface area contributed by atoms with E-state index in [4.69, 9.17) is 19.2 Å². The molecule has 30 heavy (non-hydrogen) atoms. The summed E-state index contributed by atoms with van der Waals surface area (Å²) in [7, 11) is 1.67. The van der Waals surface area contributed by atoms with Gasteiger partial charge < -0.3 is 24.8 Å². The van der Waals surface area contributed by atoms with Gasteiger partial charge in [0.25, 0.3) is 0 Å². The lowest BCUT2D eigenvalue weighted by atomic mass is 10.2. The Kier molecular flexibility index (Phi) is 10.5. The van der Waals surface area contributed by atoms with Gasteiger partial charge in [-0.3, -0.25) is 0 Å². The molecule has 0 saturated heterocycles. The molecule has 7 heteroatoms. The lowest BCUT2D eigenvalue weighted by Gasteiger charge is -2.13. The third-order valence-corrected chi connectivity index (χ3v) is 4.15. The Morgan fingerprint density at radius 3 is 2.47 bits per heavy atom. The van der Waals surface area contributed by atoms with Gasteiger partial charge in [0.2, 0.25) is 5.88 Å². The van der Waals surface area contributed by atoms with Gasteiger partial charge in [-0.1, -0.05) is 18.2 Å². The van der Waals surface area contributed by atoms with Crippen molar-refractivity contribution in [2.24, 2.45) is 4.99 Å².